The highest BCUT2D eigenvalue weighted by Crippen LogP contribution is 2.53. The monoisotopic (exact) mass is 638 g/mol. The van der Waals surface area contributed by atoms with E-state index in [2.05, 4.69) is 137 Å². The van der Waals surface area contributed by atoms with Crippen LogP contribution in [0.3, 0.4) is 0 Å². The highest BCUT2D eigenvalue weighted by atomic mass is 32.2. The summed E-state index contributed by atoms with van der Waals surface area (Å²) >= 11 is 7.58. The largest absolute Gasteiger partial charge is 0.0877 e. The summed E-state index contributed by atoms with van der Waals surface area (Å²) in [6.07, 6.45) is 0. The molecule has 2 aliphatic rings. The van der Waals surface area contributed by atoms with E-state index >= 15 is 0 Å². The first-order valence-corrected chi connectivity index (χ1v) is 18.1. The van der Waals surface area contributed by atoms with Gasteiger partial charge in [-0.2, -0.15) is 0 Å². The minimum absolute atomic E-state index is 1.31. The summed E-state index contributed by atoms with van der Waals surface area (Å²) in [5.41, 5.74) is 13.2. The molecule has 2 aliphatic heterocycles. The SMILES string of the molecule is Cc1cc(-c2cccc3c2Sc2ccccc2S3)c(C)cc1-c1cc(C)c(-c2cccc3c2Sc2ccccc2S3)cc1C. The van der Waals surface area contributed by atoms with Crippen molar-refractivity contribution in [2.45, 2.75) is 66.9 Å². The first kappa shape index (κ1) is 28.2. The highest BCUT2D eigenvalue weighted by Gasteiger charge is 2.23. The van der Waals surface area contributed by atoms with Crippen LogP contribution in [0.1, 0.15) is 22.3 Å². The van der Waals surface area contributed by atoms with E-state index in [1.54, 1.807) is 0 Å². The Balaban J connectivity index is 1.17. The summed E-state index contributed by atoms with van der Waals surface area (Å²) in [5.74, 6) is 0. The number of hydrogen-bond donors (Lipinski definition) is 0. The fraction of sp³-hybridized carbons (Fsp3) is 0.100. The van der Waals surface area contributed by atoms with E-state index < -0.39 is 0 Å². The van der Waals surface area contributed by atoms with Crippen LogP contribution < -0.4 is 0 Å². The summed E-state index contributed by atoms with van der Waals surface area (Å²) in [6.45, 7) is 9.08. The molecule has 0 amide bonds. The van der Waals surface area contributed by atoms with Crippen molar-refractivity contribution in [3.8, 4) is 33.4 Å². The van der Waals surface area contributed by atoms with Gasteiger partial charge in [0.1, 0.15) is 0 Å². The zero-order chi connectivity index (χ0) is 29.9. The van der Waals surface area contributed by atoms with Crippen molar-refractivity contribution in [1.82, 2.24) is 0 Å². The van der Waals surface area contributed by atoms with Crippen LogP contribution in [0.15, 0.2) is 148 Å². The van der Waals surface area contributed by atoms with Gasteiger partial charge in [-0.1, -0.05) is 120 Å². The molecular formula is C40H30S4. The smallest absolute Gasteiger partial charge is 0.0340 e. The fourth-order valence-electron chi connectivity index (χ4n) is 6.31. The van der Waals surface area contributed by atoms with Crippen molar-refractivity contribution in [3.63, 3.8) is 0 Å². The Labute approximate surface area is 277 Å². The minimum Gasteiger partial charge on any atom is -0.0877 e. The zero-order valence-corrected chi connectivity index (χ0v) is 28.3. The molecule has 8 rings (SSSR count). The molecule has 0 fully saturated rings. The molecule has 6 aromatic rings. The molecule has 0 nitrogen and oxygen atoms in total. The standard InChI is InChI=1S/C40H30S4/c1-23-21-31(25(3)19-29(23)27-11-9-17-37-39(27)43-35-15-7-5-13-33(35)41-37)32-22-24(2)30(20-26(32)4)28-12-10-18-38-40(28)44-36-16-8-6-14-34(36)42-38/h5-22H,1-4H3. The zero-order valence-electron chi connectivity index (χ0n) is 25.0. The van der Waals surface area contributed by atoms with Gasteiger partial charge in [-0.3, -0.25) is 0 Å². The molecule has 0 aromatic heterocycles. The van der Waals surface area contributed by atoms with E-state index in [1.165, 1.54) is 94.8 Å². The van der Waals surface area contributed by atoms with E-state index in [9.17, 15) is 0 Å². The van der Waals surface area contributed by atoms with Gasteiger partial charge in [-0.15, -0.1) is 0 Å². The first-order valence-electron chi connectivity index (χ1n) is 14.8. The molecule has 4 heteroatoms. The van der Waals surface area contributed by atoms with Gasteiger partial charge >= 0.3 is 0 Å². The van der Waals surface area contributed by atoms with Gasteiger partial charge in [-0.25, -0.2) is 0 Å². The van der Waals surface area contributed by atoms with E-state index in [0.717, 1.165) is 0 Å². The predicted octanol–water partition coefficient (Wildman–Crippen LogP) is 13.2. The van der Waals surface area contributed by atoms with Crippen molar-refractivity contribution in [2.75, 3.05) is 0 Å². The van der Waals surface area contributed by atoms with Crippen LogP contribution in [0.5, 0.6) is 0 Å². The molecule has 0 atom stereocenters. The molecule has 0 saturated heterocycles. The number of aryl methyl sites for hydroxylation is 4. The van der Waals surface area contributed by atoms with E-state index in [0.29, 0.717) is 0 Å². The maximum Gasteiger partial charge on any atom is 0.0340 e. The Morgan fingerprint density at radius 1 is 0.295 bits per heavy atom. The Bertz CT molecular complexity index is 1970. The molecule has 0 radical (unpaired) electrons. The third-order valence-corrected chi connectivity index (χ3v) is 13.8. The summed E-state index contributed by atoms with van der Waals surface area (Å²) < 4.78 is 0. The topological polar surface area (TPSA) is 0 Å². The molecule has 0 bridgehead atoms. The molecule has 6 aromatic carbocycles. The lowest BCUT2D eigenvalue weighted by Crippen LogP contribution is -1.97. The Kier molecular flexibility index (Phi) is 7.22. The number of fused-ring (bicyclic) bond motifs is 4. The van der Waals surface area contributed by atoms with Crippen molar-refractivity contribution in [3.05, 3.63) is 131 Å². The van der Waals surface area contributed by atoms with Crippen LogP contribution in [0.2, 0.25) is 0 Å². The number of hydrogen-bond acceptors (Lipinski definition) is 4. The van der Waals surface area contributed by atoms with Crippen molar-refractivity contribution < 1.29 is 0 Å². The summed E-state index contributed by atoms with van der Waals surface area (Å²) in [7, 11) is 0. The van der Waals surface area contributed by atoms with Crippen molar-refractivity contribution >= 4 is 47.0 Å². The van der Waals surface area contributed by atoms with Crippen LogP contribution >= 0.6 is 47.0 Å². The predicted molar refractivity (Wildman–Crippen MR) is 191 cm³/mol. The van der Waals surface area contributed by atoms with Crippen molar-refractivity contribution in [2.24, 2.45) is 0 Å². The van der Waals surface area contributed by atoms with Crippen LogP contribution in [0.25, 0.3) is 33.4 Å². The lowest BCUT2D eigenvalue weighted by atomic mass is 9.87. The van der Waals surface area contributed by atoms with Gasteiger partial charge in [0.15, 0.2) is 0 Å². The molecule has 0 aliphatic carbocycles. The second kappa shape index (κ2) is 11.3. The second-order valence-electron chi connectivity index (χ2n) is 11.5. The molecule has 2 heterocycles. The van der Waals surface area contributed by atoms with Crippen molar-refractivity contribution in [1.29, 1.82) is 0 Å². The molecule has 0 saturated carbocycles. The second-order valence-corrected chi connectivity index (χ2v) is 15.8. The Hall–Kier alpha value is -3.28. The quantitative estimate of drug-likeness (QED) is 0.189. The molecule has 0 unspecified atom stereocenters. The summed E-state index contributed by atoms with van der Waals surface area (Å²) in [5, 5.41) is 0. The van der Waals surface area contributed by atoms with Gasteiger partial charge in [0.2, 0.25) is 0 Å². The molecular weight excluding hydrogens is 609 g/mol. The van der Waals surface area contributed by atoms with Crippen LogP contribution in [0.4, 0.5) is 0 Å². The number of rotatable bonds is 3. The Morgan fingerprint density at radius 2 is 0.591 bits per heavy atom. The molecule has 44 heavy (non-hydrogen) atoms. The molecule has 0 N–H and O–H groups in total. The third-order valence-electron chi connectivity index (χ3n) is 8.53. The maximum absolute atomic E-state index is 2.41. The highest BCUT2D eigenvalue weighted by molar-refractivity contribution is 8.05. The average molecular weight is 639 g/mol. The van der Waals surface area contributed by atoms with E-state index in [4.69, 9.17) is 0 Å². The van der Waals surface area contributed by atoms with Gasteiger partial charge in [0.25, 0.3) is 0 Å². The van der Waals surface area contributed by atoms with Gasteiger partial charge in [-0.05, 0) is 120 Å². The van der Waals surface area contributed by atoms with Crippen LogP contribution in [0, 0.1) is 27.7 Å². The fourth-order valence-corrected chi connectivity index (χ4v) is 11.1. The van der Waals surface area contributed by atoms with Crippen LogP contribution in [-0.2, 0) is 0 Å². The number of benzene rings is 6. The third kappa shape index (κ3) is 4.84. The van der Waals surface area contributed by atoms with Crippen LogP contribution in [-0.4, -0.2) is 0 Å². The lowest BCUT2D eigenvalue weighted by molar-refractivity contribution is 1.16. The summed E-state index contributed by atoms with van der Waals surface area (Å²) in [4.78, 5) is 10.8. The molecule has 0 spiro atoms. The molecule has 214 valence electrons. The summed E-state index contributed by atoms with van der Waals surface area (Å²) in [6, 6.07) is 40.7. The van der Waals surface area contributed by atoms with Gasteiger partial charge in [0.05, 0.1) is 0 Å². The van der Waals surface area contributed by atoms with E-state index in [-0.39, 0.29) is 0 Å². The van der Waals surface area contributed by atoms with Gasteiger partial charge in [0, 0.05) is 39.2 Å². The lowest BCUT2D eigenvalue weighted by Gasteiger charge is -2.23. The van der Waals surface area contributed by atoms with Gasteiger partial charge < -0.3 is 0 Å². The maximum atomic E-state index is 2.41. The Morgan fingerprint density at radius 3 is 0.955 bits per heavy atom. The first-order chi connectivity index (χ1) is 21.4. The normalized spacial score (nSPS) is 13.1. The minimum atomic E-state index is 1.31. The van der Waals surface area contributed by atoms with E-state index in [1.807, 2.05) is 47.0 Å². The average Bonchev–Trinajstić information content (AvgIpc) is 3.04.